The molecular weight excluding hydrogens is 422 g/mol. The Labute approximate surface area is 195 Å². The molecule has 7 nitrogen and oxygen atoms in total. The Hall–Kier alpha value is -3.19. The van der Waals surface area contributed by atoms with E-state index in [4.69, 9.17) is 24.5 Å². The van der Waals surface area contributed by atoms with Crippen molar-refractivity contribution < 1.29 is 29.3 Å². The van der Waals surface area contributed by atoms with Gasteiger partial charge in [-0.05, 0) is 48.9 Å². The molecule has 1 heterocycles. The summed E-state index contributed by atoms with van der Waals surface area (Å²) in [7, 11) is 0. The molecule has 0 aromatic heterocycles. The fraction of sp³-hybridized carbons (Fsp3) is 0.423. The van der Waals surface area contributed by atoms with Crippen molar-refractivity contribution in [2.45, 2.75) is 32.6 Å². The maximum absolute atomic E-state index is 12.0. The zero-order chi connectivity index (χ0) is 24.2. The van der Waals surface area contributed by atoms with E-state index in [0.717, 1.165) is 25.9 Å². The minimum absolute atomic E-state index is 0.0928. The van der Waals surface area contributed by atoms with Gasteiger partial charge in [0.1, 0.15) is 0 Å². The third kappa shape index (κ3) is 9.06. The van der Waals surface area contributed by atoms with Crippen LogP contribution >= 0.6 is 0 Å². The summed E-state index contributed by atoms with van der Waals surface area (Å²) in [4.78, 5) is 32.5. The number of nitrogens with zero attached hydrogens (tertiary/aromatic N) is 1. The first-order chi connectivity index (χ1) is 15.8. The van der Waals surface area contributed by atoms with Crippen LogP contribution in [0.4, 0.5) is 0 Å². The molecule has 7 heteroatoms. The zero-order valence-electron chi connectivity index (χ0n) is 19.2. The molecule has 1 aliphatic rings. The zero-order valence-corrected chi connectivity index (χ0v) is 19.2. The number of carbonyl (C=O) groups excluding carboxylic acids is 1. The van der Waals surface area contributed by atoms with Crippen molar-refractivity contribution in [3.8, 4) is 0 Å². The first-order valence-corrected chi connectivity index (χ1v) is 11.2. The number of benzene rings is 2. The van der Waals surface area contributed by atoms with Crippen molar-refractivity contribution >= 4 is 17.9 Å². The first kappa shape index (κ1) is 26.1. The summed E-state index contributed by atoms with van der Waals surface area (Å²) in [5.74, 6) is -2.34. The van der Waals surface area contributed by atoms with E-state index in [1.54, 1.807) is 0 Å². The number of aliphatic carboxylic acids is 2. The van der Waals surface area contributed by atoms with Gasteiger partial charge in [-0.25, -0.2) is 9.59 Å². The van der Waals surface area contributed by atoms with Gasteiger partial charge < -0.3 is 14.9 Å². The van der Waals surface area contributed by atoms with Gasteiger partial charge in [-0.2, -0.15) is 0 Å². The highest BCUT2D eigenvalue weighted by Gasteiger charge is 2.29. The standard InChI is InChI=1S/C24H31NO2.C2H2O4/c1-19(2)18-27-23(26)17-25-15-13-22(14-16-25)24(20-9-5-3-6-10-20)21-11-7-4-8-12-21;3-1(4)2(5)6/h3-12,19,22,24H,13-18H2,1-2H3;(H,3,4)(H,5,6). The molecule has 1 aliphatic heterocycles. The largest absolute Gasteiger partial charge is 0.473 e. The predicted molar refractivity (Wildman–Crippen MR) is 125 cm³/mol. The first-order valence-electron chi connectivity index (χ1n) is 11.2. The molecule has 2 N–H and O–H groups in total. The molecule has 0 aliphatic carbocycles. The van der Waals surface area contributed by atoms with Gasteiger partial charge in [0.25, 0.3) is 0 Å². The number of hydrogen-bond acceptors (Lipinski definition) is 5. The summed E-state index contributed by atoms with van der Waals surface area (Å²) in [6, 6.07) is 21.7. The van der Waals surface area contributed by atoms with Gasteiger partial charge in [0.05, 0.1) is 13.2 Å². The Bertz CT molecular complexity index is 825. The van der Waals surface area contributed by atoms with Crippen LogP contribution in [0.25, 0.3) is 0 Å². The molecule has 0 radical (unpaired) electrons. The predicted octanol–water partition coefficient (Wildman–Crippen LogP) is 3.89. The van der Waals surface area contributed by atoms with Crippen LogP contribution in [0.5, 0.6) is 0 Å². The number of piperidine rings is 1. The minimum atomic E-state index is -1.82. The van der Waals surface area contributed by atoms with Crippen LogP contribution in [-0.2, 0) is 19.1 Å². The summed E-state index contributed by atoms with van der Waals surface area (Å²) >= 11 is 0. The van der Waals surface area contributed by atoms with Crippen LogP contribution in [0.2, 0.25) is 0 Å². The lowest BCUT2D eigenvalue weighted by atomic mass is 9.76. The third-order valence-electron chi connectivity index (χ3n) is 5.53. The molecule has 2 aromatic carbocycles. The van der Waals surface area contributed by atoms with Crippen LogP contribution in [0.1, 0.15) is 43.7 Å². The normalized spacial score (nSPS) is 14.4. The fourth-order valence-electron chi connectivity index (χ4n) is 3.99. The van der Waals surface area contributed by atoms with Gasteiger partial charge in [-0.1, -0.05) is 74.5 Å². The average Bonchev–Trinajstić information content (AvgIpc) is 2.81. The van der Waals surface area contributed by atoms with Gasteiger partial charge in [0.2, 0.25) is 0 Å². The van der Waals surface area contributed by atoms with Gasteiger partial charge in [-0.3, -0.25) is 9.69 Å². The number of likely N-dealkylation sites (tertiary alicyclic amines) is 1. The second-order valence-corrected chi connectivity index (χ2v) is 8.60. The summed E-state index contributed by atoms with van der Waals surface area (Å²) < 4.78 is 5.34. The number of ether oxygens (including phenoxy) is 1. The summed E-state index contributed by atoms with van der Waals surface area (Å²) in [5.41, 5.74) is 2.77. The number of rotatable bonds is 7. The van der Waals surface area contributed by atoms with Crippen molar-refractivity contribution in [1.29, 1.82) is 0 Å². The highest BCUT2D eigenvalue weighted by atomic mass is 16.5. The van der Waals surface area contributed by atoms with Gasteiger partial charge >= 0.3 is 17.9 Å². The molecule has 0 unspecified atom stereocenters. The maximum Gasteiger partial charge on any atom is 0.414 e. The number of carboxylic acid groups (broad SMARTS) is 2. The van der Waals surface area contributed by atoms with E-state index in [9.17, 15) is 4.79 Å². The molecule has 0 bridgehead atoms. The number of carboxylic acids is 2. The fourth-order valence-corrected chi connectivity index (χ4v) is 3.99. The highest BCUT2D eigenvalue weighted by Crippen LogP contribution is 2.37. The average molecular weight is 456 g/mol. The van der Waals surface area contributed by atoms with Crippen molar-refractivity contribution in [3.05, 3.63) is 71.8 Å². The molecule has 178 valence electrons. The second-order valence-electron chi connectivity index (χ2n) is 8.60. The summed E-state index contributed by atoms with van der Waals surface area (Å²) in [6.45, 7) is 6.97. The number of esters is 1. The highest BCUT2D eigenvalue weighted by molar-refractivity contribution is 6.27. The lowest BCUT2D eigenvalue weighted by molar-refractivity contribution is -0.159. The van der Waals surface area contributed by atoms with Crippen molar-refractivity contribution in [2.75, 3.05) is 26.2 Å². The quantitative estimate of drug-likeness (QED) is 0.482. The Morgan fingerprint density at radius 2 is 1.33 bits per heavy atom. The second kappa shape index (κ2) is 13.4. The number of hydrogen-bond donors (Lipinski definition) is 2. The lowest BCUT2D eigenvalue weighted by Crippen LogP contribution is -2.39. The van der Waals surface area contributed by atoms with E-state index in [2.05, 4.69) is 79.4 Å². The summed E-state index contributed by atoms with van der Waals surface area (Å²) in [6.07, 6.45) is 2.21. The van der Waals surface area contributed by atoms with Crippen LogP contribution in [-0.4, -0.2) is 59.3 Å². The Morgan fingerprint density at radius 3 is 1.73 bits per heavy atom. The van der Waals surface area contributed by atoms with E-state index in [-0.39, 0.29) is 5.97 Å². The topological polar surface area (TPSA) is 104 Å². The Kier molecular flexibility index (Phi) is 10.6. The molecule has 3 rings (SSSR count). The van der Waals surface area contributed by atoms with Crippen LogP contribution in [0, 0.1) is 11.8 Å². The summed E-state index contributed by atoms with van der Waals surface area (Å²) in [5, 5.41) is 14.8. The molecule has 1 fully saturated rings. The van der Waals surface area contributed by atoms with E-state index >= 15 is 0 Å². The smallest absolute Gasteiger partial charge is 0.414 e. The third-order valence-corrected chi connectivity index (χ3v) is 5.53. The van der Waals surface area contributed by atoms with Gasteiger partial charge in [0, 0.05) is 5.92 Å². The molecule has 0 spiro atoms. The minimum Gasteiger partial charge on any atom is -0.473 e. The molecule has 0 amide bonds. The maximum atomic E-state index is 12.0. The van der Waals surface area contributed by atoms with Crippen LogP contribution in [0.3, 0.4) is 0 Å². The van der Waals surface area contributed by atoms with Crippen LogP contribution in [0.15, 0.2) is 60.7 Å². The molecule has 1 saturated heterocycles. The van der Waals surface area contributed by atoms with Crippen molar-refractivity contribution in [3.63, 3.8) is 0 Å². The Morgan fingerprint density at radius 1 is 0.879 bits per heavy atom. The van der Waals surface area contributed by atoms with Crippen molar-refractivity contribution in [1.82, 2.24) is 4.90 Å². The van der Waals surface area contributed by atoms with E-state index < -0.39 is 11.9 Å². The van der Waals surface area contributed by atoms with Crippen molar-refractivity contribution in [2.24, 2.45) is 11.8 Å². The van der Waals surface area contributed by atoms with Crippen LogP contribution < -0.4 is 0 Å². The lowest BCUT2D eigenvalue weighted by Gasteiger charge is -2.36. The van der Waals surface area contributed by atoms with E-state index in [0.29, 0.717) is 30.9 Å². The number of carbonyl (C=O) groups is 3. The molecule has 2 aromatic rings. The monoisotopic (exact) mass is 455 g/mol. The molecular formula is C26H33NO6. The molecule has 33 heavy (non-hydrogen) atoms. The SMILES string of the molecule is CC(C)COC(=O)CN1CCC(C(c2ccccc2)c2ccccc2)CC1.O=C(O)C(=O)O. The van der Waals surface area contributed by atoms with Gasteiger partial charge in [-0.15, -0.1) is 0 Å². The molecule has 0 saturated carbocycles. The molecule has 0 atom stereocenters. The van der Waals surface area contributed by atoms with Gasteiger partial charge in [0.15, 0.2) is 0 Å². The van der Waals surface area contributed by atoms with E-state index in [1.807, 2.05) is 0 Å². The van der Waals surface area contributed by atoms with E-state index in [1.165, 1.54) is 11.1 Å². The Balaban J connectivity index is 0.000000569.